The summed E-state index contributed by atoms with van der Waals surface area (Å²) in [5, 5.41) is 13.3. The van der Waals surface area contributed by atoms with Crippen molar-refractivity contribution in [3.05, 3.63) is 66.2 Å². The molecule has 1 aromatic heterocycles. The summed E-state index contributed by atoms with van der Waals surface area (Å²) in [5.41, 5.74) is 3.23. The molecule has 0 unspecified atom stereocenters. The second-order valence-corrected chi connectivity index (χ2v) is 13.9. The number of rotatable bonds is 3. The summed E-state index contributed by atoms with van der Waals surface area (Å²) in [6.07, 6.45) is 0. The lowest BCUT2D eigenvalue weighted by Gasteiger charge is -2.28. The van der Waals surface area contributed by atoms with Gasteiger partial charge in [-0.1, -0.05) is 62.1 Å². The van der Waals surface area contributed by atoms with Crippen molar-refractivity contribution in [1.82, 2.24) is 0 Å². The van der Waals surface area contributed by atoms with Gasteiger partial charge in [-0.2, -0.15) is 5.26 Å². The maximum atomic E-state index is 9.49. The molecule has 0 N–H and O–H groups in total. The Morgan fingerprint density at radius 2 is 1.44 bits per heavy atom. The Balaban J connectivity index is 1.97. The normalized spacial score (nSPS) is 11.7. The number of benzene rings is 3. The van der Waals surface area contributed by atoms with Crippen LogP contribution in [0, 0.1) is 11.3 Å². The molecule has 0 spiro atoms. The summed E-state index contributed by atoms with van der Waals surface area (Å²) in [6.45, 7) is 7.16. The van der Waals surface area contributed by atoms with Crippen molar-refractivity contribution in [2.45, 2.75) is 19.6 Å². The number of para-hydroxylation sites is 1. The Kier molecular flexibility index (Phi) is 4.30. The number of anilines is 2. The number of thiophene rings is 1. The van der Waals surface area contributed by atoms with Crippen LogP contribution in [0.5, 0.6) is 0 Å². The van der Waals surface area contributed by atoms with Gasteiger partial charge in [-0.15, -0.1) is 11.3 Å². The van der Waals surface area contributed by atoms with Crippen molar-refractivity contribution in [3.63, 3.8) is 0 Å². The quantitative estimate of drug-likeness (QED) is 0.390. The predicted molar refractivity (Wildman–Crippen MR) is 122 cm³/mol. The fourth-order valence-electron chi connectivity index (χ4n) is 3.69. The molecule has 134 valence electrons. The van der Waals surface area contributed by atoms with E-state index in [0.717, 1.165) is 10.3 Å². The van der Waals surface area contributed by atoms with E-state index >= 15 is 0 Å². The van der Waals surface area contributed by atoms with Crippen LogP contribution in [0.3, 0.4) is 0 Å². The highest BCUT2D eigenvalue weighted by Crippen LogP contribution is 2.42. The van der Waals surface area contributed by atoms with Gasteiger partial charge in [-0.3, -0.25) is 0 Å². The fourth-order valence-corrected chi connectivity index (χ4v) is 6.62. The lowest BCUT2D eigenvalue weighted by atomic mass is 10.1. The maximum Gasteiger partial charge on any atom is 0.101 e. The minimum atomic E-state index is -1.47. The van der Waals surface area contributed by atoms with Crippen LogP contribution in [0.4, 0.5) is 11.4 Å². The van der Waals surface area contributed by atoms with E-state index in [4.69, 9.17) is 0 Å². The molecule has 0 radical (unpaired) electrons. The number of hydrogen-bond donors (Lipinski definition) is 0. The number of nitriles is 1. The van der Waals surface area contributed by atoms with Crippen molar-refractivity contribution in [2.24, 2.45) is 0 Å². The first-order valence-electron chi connectivity index (χ1n) is 9.09. The molecule has 0 atom stereocenters. The largest absolute Gasteiger partial charge is 0.344 e. The zero-order valence-corrected chi connectivity index (χ0v) is 17.9. The van der Waals surface area contributed by atoms with Crippen molar-refractivity contribution < 1.29 is 0 Å². The standard InChI is InChI=1S/C23H22N2SSi/c1-25(19-12-5-6-14-21(19)27(2,3)4)20-13-8-11-18-17-10-7-9-16(15-24)22(17)26-23(18)20/h5-14H,1-4H3. The van der Waals surface area contributed by atoms with Crippen molar-refractivity contribution in [2.75, 3.05) is 11.9 Å². The van der Waals surface area contributed by atoms with Crippen LogP contribution >= 0.6 is 11.3 Å². The molecule has 0 saturated heterocycles. The van der Waals surface area contributed by atoms with Gasteiger partial charge in [0.2, 0.25) is 0 Å². The Morgan fingerprint density at radius 1 is 0.815 bits per heavy atom. The fraction of sp³-hybridized carbons (Fsp3) is 0.174. The number of fused-ring (bicyclic) bond motifs is 3. The molecule has 0 aliphatic heterocycles. The van der Waals surface area contributed by atoms with Gasteiger partial charge in [-0.05, 0) is 23.4 Å². The second kappa shape index (κ2) is 6.52. The molecule has 0 bridgehead atoms. The van der Waals surface area contributed by atoms with Gasteiger partial charge in [0.05, 0.1) is 28.7 Å². The van der Waals surface area contributed by atoms with Crippen LogP contribution in [0.2, 0.25) is 19.6 Å². The molecule has 0 saturated carbocycles. The van der Waals surface area contributed by atoms with E-state index in [0.29, 0.717) is 0 Å². The number of hydrogen-bond acceptors (Lipinski definition) is 3. The zero-order valence-electron chi connectivity index (χ0n) is 16.1. The summed E-state index contributed by atoms with van der Waals surface area (Å²) >= 11 is 1.72. The van der Waals surface area contributed by atoms with E-state index < -0.39 is 8.07 Å². The Morgan fingerprint density at radius 3 is 2.15 bits per heavy atom. The number of nitrogens with zero attached hydrogens (tertiary/aromatic N) is 2. The summed E-state index contributed by atoms with van der Waals surface area (Å²) in [6, 6.07) is 23.6. The van der Waals surface area contributed by atoms with Gasteiger partial charge in [0.15, 0.2) is 0 Å². The van der Waals surface area contributed by atoms with Crippen LogP contribution in [-0.2, 0) is 0 Å². The first kappa shape index (κ1) is 17.8. The third-order valence-electron chi connectivity index (χ3n) is 5.06. The van der Waals surface area contributed by atoms with Crippen LogP contribution < -0.4 is 10.1 Å². The van der Waals surface area contributed by atoms with Gasteiger partial charge in [-0.25, -0.2) is 0 Å². The second-order valence-electron chi connectivity index (χ2n) is 7.88. The third kappa shape index (κ3) is 2.93. The van der Waals surface area contributed by atoms with Gasteiger partial charge in [0.25, 0.3) is 0 Å². The van der Waals surface area contributed by atoms with Crippen LogP contribution in [0.25, 0.3) is 20.2 Å². The van der Waals surface area contributed by atoms with Crippen molar-refractivity contribution >= 4 is 56.1 Å². The molecule has 0 amide bonds. The Hall–Kier alpha value is -2.61. The smallest absolute Gasteiger partial charge is 0.101 e. The first-order chi connectivity index (χ1) is 12.9. The minimum Gasteiger partial charge on any atom is -0.344 e. The van der Waals surface area contributed by atoms with Crippen molar-refractivity contribution in [1.29, 1.82) is 5.26 Å². The average molecular weight is 387 g/mol. The van der Waals surface area contributed by atoms with Crippen molar-refractivity contribution in [3.8, 4) is 6.07 Å². The molecule has 4 aromatic rings. The van der Waals surface area contributed by atoms with E-state index in [1.165, 1.54) is 32.0 Å². The SMILES string of the molecule is CN(c1ccccc1[Si](C)(C)C)c1cccc2c1sc1c(C#N)cccc12. The van der Waals surface area contributed by atoms with E-state index in [1.807, 2.05) is 12.1 Å². The summed E-state index contributed by atoms with van der Waals surface area (Å²) in [5.74, 6) is 0. The maximum absolute atomic E-state index is 9.49. The molecular weight excluding hydrogens is 364 g/mol. The predicted octanol–water partition coefficient (Wildman–Crippen LogP) is 6.24. The first-order valence-corrected chi connectivity index (χ1v) is 13.4. The molecule has 1 heterocycles. The molecule has 4 rings (SSSR count). The lowest BCUT2D eigenvalue weighted by Crippen LogP contribution is -2.40. The molecule has 4 heteroatoms. The average Bonchev–Trinajstić information content (AvgIpc) is 3.05. The molecule has 3 aromatic carbocycles. The highest BCUT2D eigenvalue weighted by molar-refractivity contribution is 7.26. The summed E-state index contributed by atoms with van der Waals surface area (Å²) in [7, 11) is 0.687. The molecule has 0 aliphatic rings. The molecule has 2 nitrogen and oxygen atoms in total. The highest BCUT2D eigenvalue weighted by Gasteiger charge is 2.23. The van der Waals surface area contributed by atoms with E-state index in [1.54, 1.807) is 11.3 Å². The highest BCUT2D eigenvalue weighted by atomic mass is 32.1. The van der Waals surface area contributed by atoms with E-state index in [2.05, 4.69) is 86.2 Å². The van der Waals surface area contributed by atoms with Gasteiger partial charge >= 0.3 is 0 Å². The van der Waals surface area contributed by atoms with E-state index in [-0.39, 0.29) is 0 Å². The topological polar surface area (TPSA) is 27.0 Å². The van der Waals surface area contributed by atoms with Crippen LogP contribution in [0.15, 0.2) is 60.7 Å². The van der Waals surface area contributed by atoms with Gasteiger partial charge < -0.3 is 4.90 Å². The lowest BCUT2D eigenvalue weighted by molar-refractivity contribution is 1.23. The molecule has 0 aliphatic carbocycles. The summed E-state index contributed by atoms with van der Waals surface area (Å²) < 4.78 is 2.32. The summed E-state index contributed by atoms with van der Waals surface area (Å²) in [4.78, 5) is 2.32. The van der Waals surface area contributed by atoms with Crippen LogP contribution in [-0.4, -0.2) is 15.1 Å². The van der Waals surface area contributed by atoms with Gasteiger partial charge in [0.1, 0.15) is 6.07 Å². The Labute approximate surface area is 165 Å². The third-order valence-corrected chi connectivity index (χ3v) is 8.37. The zero-order chi connectivity index (χ0) is 19.2. The molecule has 27 heavy (non-hydrogen) atoms. The van der Waals surface area contributed by atoms with Crippen LogP contribution in [0.1, 0.15) is 5.56 Å². The monoisotopic (exact) mass is 386 g/mol. The van der Waals surface area contributed by atoms with E-state index in [9.17, 15) is 5.26 Å². The molecule has 0 fully saturated rings. The van der Waals surface area contributed by atoms with Gasteiger partial charge in [0, 0.05) is 23.5 Å². The Bertz CT molecular complexity index is 1190. The molecular formula is C23H22N2SSi. The minimum absolute atomic E-state index is 0.754.